The lowest BCUT2D eigenvalue weighted by atomic mass is 9.89. The van der Waals surface area contributed by atoms with Crippen molar-refractivity contribution in [2.45, 2.75) is 18.4 Å². The minimum Gasteiger partial charge on any atom is -0.335 e. The largest absolute Gasteiger partial charge is 0.335 e. The van der Waals surface area contributed by atoms with E-state index in [4.69, 9.17) is 0 Å². The van der Waals surface area contributed by atoms with Crippen LogP contribution in [0.2, 0.25) is 0 Å². The van der Waals surface area contributed by atoms with Crippen molar-refractivity contribution < 1.29 is 9.59 Å². The fourth-order valence-corrected chi connectivity index (χ4v) is 3.49. The second kappa shape index (κ2) is 5.21. The van der Waals surface area contributed by atoms with Crippen molar-refractivity contribution in [2.24, 2.45) is 0 Å². The van der Waals surface area contributed by atoms with Crippen molar-refractivity contribution in [3.05, 3.63) is 58.3 Å². The van der Waals surface area contributed by atoms with Crippen LogP contribution in [0.15, 0.2) is 47.8 Å². The van der Waals surface area contributed by atoms with Crippen LogP contribution in [-0.4, -0.2) is 29.7 Å². The van der Waals surface area contributed by atoms with Gasteiger partial charge in [-0.05, 0) is 17.0 Å². The van der Waals surface area contributed by atoms with Crippen molar-refractivity contribution >= 4 is 23.0 Å². The SMILES string of the molecule is CN1C(=O)C[C@H](c2ccccc2)[C@@H]1C(=O)c1cccs1. The first-order valence-electron chi connectivity index (χ1n) is 6.57. The Bertz CT molecular complexity index is 621. The summed E-state index contributed by atoms with van der Waals surface area (Å²) in [6.07, 6.45) is 0.405. The molecule has 1 aliphatic heterocycles. The number of hydrogen-bond donors (Lipinski definition) is 0. The molecule has 3 nitrogen and oxygen atoms in total. The zero-order valence-electron chi connectivity index (χ0n) is 11.2. The number of thiophene rings is 1. The molecule has 1 aliphatic rings. The Hall–Kier alpha value is -1.94. The lowest BCUT2D eigenvalue weighted by molar-refractivity contribution is -0.127. The minimum absolute atomic E-state index is 0.0359. The summed E-state index contributed by atoms with van der Waals surface area (Å²) in [5, 5.41) is 1.89. The summed E-state index contributed by atoms with van der Waals surface area (Å²) < 4.78 is 0. The molecule has 0 radical (unpaired) electrons. The van der Waals surface area contributed by atoms with Crippen molar-refractivity contribution in [2.75, 3.05) is 7.05 Å². The lowest BCUT2D eigenvalue weighted by Crippen LogP contribution is -2.37. The summed E-state index contributed by atoms with van der Waals surface area (Å²) >= 11 is 1.43. The number of nitrogens with zero attached hydrogens (tertiary/aromatic N) is 1. The van der Waals surface area contributed by atoms with Gasteiger partial charge in [0.1, 0.15) is 6.04 Å². The van der Waals surface area contributed by atoms with Gasteiger partial charge in [-0.1, -0.05) is 36.4 Å². The number of benzene rings is 1. The van der Waals surface area contributed by atoms with E-state index < -0.39 is 0 Å². The van der Waals surface area contributed by atoms with Gasteiger partial charge < -0.3 is 4.90 Å². The molecule has 0 saturated carbocycles. The molecule has 1 saturated heterocycles. The summed E-state index contributed by atoms with van der Waals surface area (Å²) in [4.78, 5) is 27.0. The van der Waals surface area contributed by atoms with Crippen LogP contribution in [0, 0.1) is 0 Å². The zero-order chi connectivity index (χ0) is 14.1. The monoisotopic (exact) mass is 285 g/mol. The standard InChI is InChI=1S/C16H15NO2S/c1-17-14(18)10-12(11-6-3-2-4-7-11)15(17)16(19)13-8-5-9-20-13/h2-9,12,15H,10H2,1H3/t12-,15-/m1/s1. The molecule has 2 aromatic rings. The van der Waals surface area contributed by atoms with Gasteiger partial charge in [-0.2, -0.15) is 0 Å². The van der Waals surface area contributed by atoms with E-state index in [1.165, 1.54) is 11.3 Å². The van der Waals surface area contributed by atoms with E-state index in [0.29, 0.717) is 6.42 Å². The molecular weight excluding hydrogens is 270 g/mol. The highest BCUT2D eigenvalue weighted by Crippen LogP contribution is 2.35. The molecule has 0 aliphatic carbocycles. The van der Waals surface area contributed by atoms with Crippen molar-refractivity contribution in [3.8, 4) is 0 Å². The molecule has 1 amide bonds. The molecule has 0 unspecified atom stereocenters. The maximum absolute atomic E-state index is 12.7. The Labute approximate surface area is 121 Å². The Kier molecular flexibility index (Phi) is 3.40. The van der Waals surface area contributed by atoms with Gasteiger partial charge >= 0.3 is 0 Å². The molecule has 1 aromatic carbocycles. The number of hydrogen-bond acceptors (Lipinski definition) is 3. The molecular formula is C16H15NO2S. The molecule has 102 valence electrons. The number of Topliss-reactive ketones (excluding diaryl/α,β-unsaturated/α-hetero) is 1. The Morgan fingerprint density at radius 2 is 1.95 bits per heavy atom. The molecule has 20 heavy (non-hydrogen) atoms. The van der Waals surface area contributed by atoms with Gasteiger partial charge in [0.05, 0.1) is 4.88 Å². The van der Waals surface area contributed by atoms with Crippen LogP contribution in [0.3, 0.4) is 0 Å². The number of rotatable bonds is 3. The predicted molar refractivity (Wildman–Crippen MR) is 79.0 cm³/mol. The van der Waals surface area contributed by atoms with Crippen LogP contribution in [0.25, 0.3) is 0 Å². The Morgan fingerprint density at radius 1 is 1.20 bits per heavy atom. The number of likely N-dealkylation sites (tertiary alicyclic amines) is 1. The molecule has 0 N–H and O–H groups in total. The second-order valence-electron chi connectivity index (χ2n) is 5.01. The number of carbonyl (C=O) groups excluding carboxylic acids is 2. The van der Waals surface area contributed by atoms with E-state index >= 15 is 0 Å². The first-order valence-corrected chi connectivity index (χ1v) is 7.45. The third-order valence-electron chi connectivity index (χ3n) is 3.85. The third kappa shape index (κ3) is 2.16. The fraction of sp³-hybridized carbons (Fsp3) is 0.250. The normalized spacial score (nSPS) is 22.2. The van der Waals surface area contributed by atoms with E-state index in [0.717, 1.165) is 10.4 Å². The summed E-state index contributed by atoms with van der Waals surface area (Å²) in [5.41, 5.74) is 1.06. The Morgan fingerprint density at radius 3 is 2.60 bits per heavy atom. The van der Waals surface area contributed by atoms with E-state index in [1.807, 2.05) is 47.8 Å². The average molecular weight is 285 g/mol. The predicted octanol–water partition coefficient (Wildman–Crippen LogP) is 2.95. The number of ketones is 1. The molecule has 0 bridgehead atoms. The van der Waals surface area contributed by atoms with Gasteiger partial charge in [0, 0.05) is 19.4 Å². The first-order chi connectivity index (χ1) is 9.68. The van der Waals surface area contributed by atoms with E-state index in [2.05, 4.69) is 0 Å². The summed E-state index contributed by atoms with van der Waals surface area (Å²) in [6.45, 7) is 0. The highest BCUT2D eigenvalue weighted by Gasteiger charge is 2.43. The molecule has 4 heteroatoms. The minimum atomic E-state index is -0.386. The van der Waals surface area contributed by atoms with Crippen molar-refractivity contribution in [1.29, 1.82) is 0 Å². The smallest absolute Gasteiger partial charge is 0.223 e. The molecule has 0 spiro atoms. The average Bonchev–Trinajstić information content (AvgIpc) is 3.09. The lowest BCUT2D eigenvalue weighted by Gasteiger charge is -2.23. The van der Waals surface area contributed by atoms with Crippen molar-refractivity contribution in [3.63, 3.8) is 0 Å². The topological polar surface area (TPSA) is 37.4 Å². The van der Waals surface area contributed by atoms with Gasteiger partial charge in [-0.3, -0.25) is 9.59 Å². The van der Waals surface area contributed by atoms with Crippen LogP contribution in [0.4, 0.5) is 0 Å². The van der Waals surface area contributed by atoms with Crippen LogP contribution >= 0.6 is 11.3 Å². The summed E-state index contributed by atoms with van der Waals surface area (Å²) in [7, 11) is 1.72. The molecule has 1 aromatic heterocycles. The number of likely N-dealkylation sites (N-methyl/N-ethyl adjacent to an activating group) is 1. The van der Waals surface area contributed by atoms with E-state index in [-0.39, 0.29) is 23.7 Å². The van der Waals surface area contributed by atoms with Gasteiger partial charge in [0.2, 0.25) is 5.91 Å². The third-order valence-corrected chi connectivity index (χ3v) is 4.73. The van der Waals surface area contributed by atoms with Crippen LogP contribution in [-0.2, 0) is 4.79 Å². The number of amides is 1. The molecule has 3 rings (SSSR count). The summed E-state index contributed by atoms with van der Waals surface area (Å²) in [5.74, 6) is 0.0271. The highest BCUT2D eigenvalue weighted by atomic mass is 32.1. The van der Waals surface area contributed by atoms with E-state index in [1.54, 1.807) is 11.9 Å². The van der Waals surface area contributed by atoms with E-state index in [9.17, 15) is 9.59 Å². The van der Waals surface area contributed by atoms with Gasteiger partial charge in [-0.25, -0.2) is 0 Å². The fourth-order valence-electron chi connectivity index (χ4n) is 2.79. The molecule has 2 heterocycles. The zero-order valence-corrected chi connectivity index (χ0v) is 12.0. The van der Waals surface area contributed by atoms with Crippen LogP contribution < -0.4 is 0 Å². The van der Waals surface area contributed by atoms with Gasteiger partial charge in [0.15, 0.2) is 5.78 Å². The van der Waals surface area contributed by atoms with Crippen LogP contribution in [0.1, 0.15) is 27.6 Å². The Balaban J connectivity index is 1.97. The van der Waals surface area contributed by atoms with Gasteiger partial charge in [-0.15, -0.1) is 11.3 Å². The summed E-state index contributed by atoms with van der Waals surface area (Å²) in [6, 6.07) is 13.1. The van der Waals surface area contributed by atoms with Crippen LogP contribution in [0.5, 0.6) is 0 Å². The first kappa shape index (κ1) is 13.1. The number of carbonyl (C=O) groups is 2. The van der Waals surface area contributed by atoms with Crippen molar-refractivity contribution in [1.82, 2.24) is 4.90 Å². The second-order valence-corrected chi connectivity index (χ2v) is 5.96. The molecule has 2 atom stereocenters. The maximum Gasteiger partial charge on any atom is 0.223 e. The quantitative estimate of drug-likeness (QED) is 0.813. The highest BCUT2D eigenvalue weighted by molar-refractivity contribution is 7.12. The van der Waals surface area contributed by atoms with Gasteiger partial charge in [0.25, 0.3) is 0 Å². The molecule has 1 fully saturated rings. The maximum atomic E-state index is 12.7.